The van der Waals surface area contributed by atoms with Gasteiger partial charge in [-0.15, -0.1) is 0 Å². The Morgan fingerprint density at radius 2 is 1.64 bits per heavy atom. The summed E-state index contributed by atoms with van der Waals surface area (Å²) in [7, 11) is 0. The Balaban J connectivity index is 3.41. The van der Waals surface area contributed by atoms with Gasteiger partial charge in [0.05, 0.1) is 0 Å². The molecule has 22 heavy (non-hydrogen) atoms. The Morgan fingerprint density at radius 3 is 2.23 bits per heavy atom. The van der Waals surface area contributed by atoms with Crippen molar-refractivity contribution >= 4 is 5.97 Å². The molecule has 0 aliphatic heterocycles. The molecule has 4 nitrogen and oxygen atoms in total. The summed E-state index contributed by atoms with van der Waals surface area (Å²) in [6.45, 7) is 2.19. The lowest BCUT2D eigenvalue weighted by Gasteiger charge is -2.08. The second-order valence-corrected chi connectivity index (χ2v) is 5.98. The maximum Gasteiger partial charge on any atom is 0.303 e. The SMILES string of the molecule is CCCCC/C=C\C(CCCCCCCCCC(=O)O)OO. The summed E-state index contributed by atoms with van der Waals surface area (Å²) in [5, 5.41) is 17.4. The average Bonchev–Trinajstić information content (AvgIpc) is 2.50. The van der Waals surface area contributed by atoms with Crippen LogP contribution in [0.2, 0.25) is 0 Å². The highest BCUT2D eigenvalue weighted by molar-refractivity contribution is 5.66. The first-order valence-corrected chi connectivity index (χ1v) is 8.89. The quantitative estimate of drug-likeness (QED) is 0.169. The van der Waals surface area contributed by atoms with Crippen molar-refractivity contribution in [2.24, 2.45) is 0 Å². The van der Waals surface area contributed by atoms with Crippen molar-refractivity contribution in [2.75, 3.05) is 0 Å². The van der Waals surface area contributed by atoms with E-state index < -0.39 is 5.97 Å². The number of rotatable bonds is 16. The van der Waals surface area contributed by atoms with Gasteiger partial charge in [-0.25, -0.2) is 4.89 Å². The first-order valence-electron chi connectivity index (χ1n) is 8.89. The number of carbonyl (C=O) groups is 1. The second kappa shape index (κ2) is 16.5. The number of hydrogen-bond donors (Lipinski definition) is 2. The van der Waals surface area contributed by atoms with Gasteiger partial charge in [0.15, 0.2) is 0 Å². The van der Waals surface area contributed by atoms with Crippen molar-refractivity contribution in [2.45, 2.75) is 96.5 Å². The molecule has 1 unspecified atom stereocenters. The molecule has 0 saturated carbocycles. The van der Waals surface area contributed by atoms with Crippen LogP contribution in [-0.4, -0.2) is 22.4 Å². The van der Waals surface area contributed by atoms with Crippen LogP contribution in [0.4, 0.5) is 0 Å². The molecule has 0 aliphatic rings. The van der Waals surface area contributed by atoms with E-state index in [1.54, 1.807) is 0 Å². The number of allylic oxidation sites excluding steroid dienone is 1. The topological polar surface area (TPSA) is 66.8 Å². The van der Waals surface area contributed by atoms with Crippen LogP contribution in [-0.2, 0) is 9.68 Å². The van der Waals surface area contributed by atoms with Gasteiger partial charge >= 0.3 is 5.97 Å². The lowest BCUT2D eigenvalue weighted by atomic mass is 10.0. The maximum absolute atomic E-state index is 10.4. The third kappa shape index (κ3) is 15.5. The molecule has 0 fully saturated rings. The van der Waals surface area contributed by atoms with Crippen LogP contribution < -0.4 is 0 Å². The third-order valence-corrected chi connectivity index (χ3v) is 3.84. The molecule has 4 heteroatoms. The fourth-order valence-corrected chi connectivity index (χ4v) is 2.45. The van der Waals surface area contributed by atoms with Crippen LogP contribution >= 0.6 is 0 Å². The molecule has 0 aromatic carbocycles. The lowest BCUT2D eigenvalue weighted by molar-refractivity contribution is -0.267. The standard InChI is InChI=1S/C18H34O4/c1-2-3-4-8-11-14-17(22-21)15-12-9-6-5-7-10-13-16-18(19)20/h11,14,17,21H,2-10,12-13,15-16H2,1H3,(H,19,20)/b14-11-. The first-order chi connectivity index (χ1) is 10.7. The molecule has 0 aliphatic carbocycles. The normalized spacial score (nSPS) is 12.8. The van der Waals surface area contributed by atoms with Gasteiger partial charge in [0.1, 0.15) is 6.10 Å². The van der Waals surface area contributed by atoms with E-state index >= 15 is 0 Å². The van der Waals surface area contributed by atoms with E-state index in [0.717, 1.165) is 51.4 Å². The van der Waals surface area contributed by atoms with Crippen molar-refractivity contribution in [1.82, 2.24) is 0 Å². The van der Waals surface area contributed by atoms with Gasteiger partial charge in [0, 0.05) is 6.42 Å². The number of unbranched alkanes of at least 4 members (excludes halogenated alkanes) is 9. The van der Waals surface area contributed by atoms with Gasteiger partial charge in [-0.05, 0) is 25.7 Å². The van der Waals surface area contributed by atoms with E-state index in [4.69, 9.17) is 10.4 Å². The van der Waals surface area contributed by atoms with Gasteiger partial charge in [-0.1, -0.05) is 70.4 Å². The zero-order chi connectivity index (χ0) is 16.5. The van der Waals surface area contributed by atoms with E-state index in [2.05, 4.69) is 17.9 Å². The Bertz CT molecular complexity index is 276. The lowest BCUT2D eigenvalue weighted by Crippen LogP contribution is -2.06. The third-order valence-electron chi connectivity index (χ3n) is 3.84. The van der Waals surface area contributed by atoms with E-state index in [1.165, 1.54) is 25.7 Å². The summed E-state index contributed by atoms with van der Waals surface area (Å²) < 4.78 is 0. The largest absolute Gasteiger partial charge is 0.481 e. The van der Waals surface area contributed by atoms with Gasteiger partial charge in [0.2, 0.25) is 0 Å². The smallest absolute Gasteiger partial charge is 0.303 e. The van der Waals surface area contributed by atoms with Crippen LogP contribution in [0.25, 0.3) is 0 Å². The first kappa shape index (κ1) is 21.1. The Kier molecular flexibility index (Phi) is 15.8. The number of carboxylic acids is 1. The molecule has 1 atom stereocenters. The predicted octanol–water partition coefficient (Wildman–Crippen LogP) is 5.58. The molecule has 0 bridgehead atoms. The molecule has 0 spiro atoms. The number of aliphatic carboxylic acids is 1. The monoisotopic (exact) mass is 314 g/mol. The Hall–Kier alpha value is -0.870. The summed E-state index contributed by atoms with van der Waals surface area (Å²) in [5.41, 5.74) is 0. The summed E-state index contributed by atoms with van der Waals surface area (Å²) in [4.78, 5) is 14.9. The summed E-state index contributed by atoms with van der Waals surface area (Å²) in [6, 6.07) is 0. The minimum Gasteiger partial charge on any atom is -0.481 e. The molecule has 0 radical (unpaired) electrons. The highest BCUT2D eigenvalue weighted by Crippen LogP contribution is 2.12. The van der Waals surface area contributed by atoms with E-state index in [0.29, 0.717) is 6.42 Å². The fraction of sp³-hybridized carbons (Fsp3) is 0.833. The summed E-state index contributed by atoms with van der Waals surface area (Å²) >= 11 is 0. The van der Waals surface area contributed by atoms with Gasteiger partial charge in [-0.2, -0.15) is 0 Å². The number of hydrogen-bond acceptors (Lipinski definition) is 3. The van der Waals surface area contributed by atoms with Crippen LogP contribution in [0.15, 0.2) is 12.2 Å². The van der Waals surface area contributed by atoms with Gasteiger partial charge in [-0.3, -0.25) is 10.1 Å². The highest BCUT2D eigenvalue weighted by Gasteiger charge is 2.04. The molecule has 0 rings (SSSR count). The molecule has 0 aromatic rings. The van der Waals surface area contributed by atoms with Gasteiger partial charge in [0.25, 0.3) is 0 Å². The molecule has 0 saturated heterocycles. The van der Waals surface area contributed by atoms with Crippen molar-refractivity contribution in [3.8, 4) is 0 Å². The molecule has 0 aromatic heterocycles. The van der Waals surface area contributed by atoms with Crippen LogP contribution in [0.1, 0.15) is 90.4 Å². The van der Waals surface area contributed by atoms with E-state index in [9.17, 15) is 4.79 Å². The van der Waals surface area contributed by atoms with Crippen LogP contribution in [0.3, 0.4) is 0 Å². The average molecular weight is 314 g/mol. The molecule has 0 heterocycles. The Labute approximate surface area is 135 Å². The minimum absolute atomic E-state index is 0.169. The molecule has 2 N–H and O–H groups in total. The molecule has 0 amide bonds. The van der Waals surface area contributed by atoms with Gasteiger partial charge < -0.3 is 5.11 Å². The van der Waals surface area contributed by atoms with Crippen molar-refractivity contribution in [1.29, 1.82) is 0 Å². The summed E-state index contributed by atoms with van der Waals surface area (Å²) in [5.74, 6) is -0.696. The van der Waals surface area contributed by atoms with E-state index in [1.807, 2.05) is 6.08 Å². The predicted molar refractivity (Wildman–Crippen MR) is 90.0 cm³/mol. The van der Waals surface area contributed by atoms with Crippen LogP contribution in [0.5, 0.6) is 0 Å². The Morgan fingerprint density at radius 1 is 1.00 bits per heavy atom. The van der Waals surface area contributed by atoms with Crippen molar-refractivity contribution in [3.63, 3.8) is 0 Å². The maximum atomic E-state index is 10.4. The molecular weight excluding hydrogens is 280 g/mol. The summed E-state index contributed by atoms with van der Waals surface area (Å²) in [6.07, 6.45) is 17.3. The molecule has 130 valence electrons. The number of carboxylic acid groups (broad SMARTS) is 1. The molecular formula is C18H34O4. The minimum atomic E-state index is -0.696. The van der Waals surface area contributed by atoms with Crippen molar-refractivity contribution < 1.29 is 20.0 Å². The highest BCUT2D eigenvalue weighted by atomic mass is 17.1. The zero-order valence-corrected chi connectivity index (χ0v) is 14.1. The zero-order valence-electron chi connectivity index (χ0n) is 14.1. The van der Waals surface area contributed by atoms with E-state index in [-0.39, 0.29) is 6.10 Å². The second-order valence-electron chi connectivity index (χ2n) is 5.98. The van der Waals surface area contributed by atoms with Crippen molar-refractivity contribution in [3.05, 3.63) is 12.2 Å². The fourth-order valence-electron chi connectivity index (χ4n) is 2.45. The van der Waals surface area contributed by atoms with Crippen LogP contribution in [0, 0.1) is 0 Å².